The van der Waals surface area contributed by atoms with Gasteiger partial charge < -0.3 is 20.1 Å². The van der Waals surface area contributed by atoms with E-state index in [4.69, 9.17) is 14.1 Å². The molecule has 0 saturated carbocycles. The van der Waals surface area contributed by atoms with Gasteiger partial charge in [0.05, 0.1) is 12.2 Å². The molecule has 0 bridgehead atoms. The third kappa shape index (κ3) is 5.14. The Morgan fingerprint density at radius 3 is 1.91 bits per heavy atom. The summed E-state index contributed by atoms with van der Waals surface area (Å²) >= 11 is 0. The van der Waals surface area contributed by atoms with E-state index < -0.39 is 0 Å². The molecule has 5 rings (SSSR count). The Morgan fingerprint density at radius 2 is 1.34 bits per heavy atom. The summed E-state index contributed by atoms with van der Waals surface area (Å²) in [5.74, 6) is 1.78. The van der Waals surface area contributed by atoms with Crippen LogP contribution >= 0.6 is 0 Å². The van der Waals surface area contributed by atoms with Crippen molar-refractivity contribution in [3.05, 3.63) is 78.6 Å². The molecule has 0 radical (unpaired) electrons. The Bertz CT molecular complexity index is 1440. The van der Waals surface area contributed by atoms with Gasteiger partial charge in [-0.15, -0.1) is 0 Å². The molecule has 3 heterocycles. The molecule has 0 aliphatic carbocycles. The van der Waals surface area contributed by atoms with E-state index >= 15 is 0 Å². The van der Waals surface area contributed by atoms with Crippen molar-refractivity contribution in [3.63, 3.8) is 0 Å². The molecule has 0 fully saturated rings. The largest absolute Gasteiger partial charge is 0.462 e. The van der Waals surface area contributed by atoms with Crippen molar-refractivity contribution in [2.24, 2.45) is 0 Å². The van der Waals surface area contributed by atoms with Gasteiger partial charge >= 0.3 is 5.97 Å². The molecule has 174 valence electrons. The topological polar surface area (TPSA) is 137 Å². The van der Waals surface area contributed by atoms with Crippen molar-refractivity contribution in [1.29, 1.82) is 0 Å². The third-order valence-corrected chi connectivity index (χ3v) is 4.78. The number of hydrogen-bond donors (Lipinski definition) is 2. The summed E-state index contributed by atoms with van der Waals surface area (Å²) in [6.07, 6.45) is 3.33. The van der Waals surface area contributed by atoms with Crippen molar-refractivity contribution in [2.75, 3.05) is 17.2 Å². The number of carbonyl (C=O) groups excluding carboxylic acids is 1. The second-order valence-corrected chi connectivity index (χ2v) is 7.19. The molecule has 0 unspecified atom stereocenters. The van der Waals surface area contributed by atoms with Crippen molar-refractivity contribution in [1.82, 2.24) is 25.3 Å². The number of carbonyl (C=O) groups is 1. The number of hydrogen-bond acceptors (Lipinski definition) is 11. The molecule has 0 aliphatic heterocycles. The lowest BCUT2D eigenvalue weighted by Crippen LogP contribution is -2.05. The fraction of sp³-hybridized carbons (Fsp3) is 0.0833. The Balaban J connectivity index is 1.36. The number of anilines is 4. The van der Waals surface area contributed by atoms with Crippen LogP contribution in [-0.2, 0) is 4.74 Å². The van der Waals surface area contributed by atoms with Crippen LogP contribution in [0.15, 0.2) is 77.7 Å². The third-order valence-electron chi connectivity index (χ3n) is 4.78. The fourth-order valence-corrected chi connectivity index (χ4v) is 3.14. The van der Waals surface area contributed by atoms with Gasteiger partial charge in [0.2, 0.25) is 11.3 Å². The zero-order chi connectivity index (χ0) is 24.0. The molecule has 2 aromatic carbocycles. The average molecular weight is 469 g/mol. The standard InChI is InChI=1S/C24H19N7O4/c1-2-33-24(32)15-3-5-16(6-4-15)26-20-21(29-23-22(28-20)30-35-31-23)27-17-7-9-18(10-8-17)34-19-11-13-25-14-12-19/h3-14H,2H2,1H3,(H,26,28,30)(H,27,29,31). The van der Waals surface area contributed by atoms with Crippen LogP contribution in [0.4, 0.5) is 23.0 Å². The van der Waals surface area contributed by atoms with Crippen molar-refractivity contribution >= 4 is 40.3 Å². The second kappa shape index (κ2) is 9.83. The van der Waals surface area contributed by atoms with Gasteiger partial charge in [-0.25, -0.2) is 19.4 Å². The molecule has 2 N–H and O–H groups in total. The van der Waals surface area contributed by atoms with E-state index in [9.17, 15) is 4.79 Å². The van der Waals surface area contributed by atoms with Gasteiger partial charge in [0.25, 0.3) is 0 Å². The van der Waals surface area contributed by atoms with Crippen molar-refractivity contribution in [3.8, 4) is 11.5 Å². The van der Waals surface area contributed by atoms with Gasteiger partial charge in [0.15, 0.2) is 11.6 Å². The van der Waals surface area contributed by atoms with Crippen molar-refractivity contribution < 1.29 is 18.9 Å². The van der Waals surface area contributed by atoms with Gasteiger partial charge in [-0.1, -0.05) is 0 Å². The van der Waals surface area contributed by atoms with Gasteiger partial charge in [-0.05, 0) is 77.9 Å². The number of aromatic nitrogens is 5. The van der Waals surface area contributed by atoms with Crippen LogP contribution in [0.2, 0.25) is 0 Å². The summed E-state index contributed by atoms with van der Waals surface area (Å²) in [5.41, 5.74) is 2.40. The first-order valence-electron chi connectivity index (χ1n) is 10.7. The summed E-state index contributed by atoms with van der Waals surface area (Å²) in [5, 5.41) is 14.0. The van der Waals surface area contributed by atoms with Crippen LogP contribution in [0.25, 0.3) is 11.3 Å². The van der Waals surface area contributed by atoms with E-state index in [2.05, 4.69) is 35.9 Å². The number of nitrogens with one attached hydrogen (secondary N) is 2. The number of fused-ring (bicyclic) bond motifs is 1. The first-order valence-corrected chi connectivity index (χ1v) is 10.7. The summed E-state index contributed by atoms with van der Waals surface area (Å²) < 4.78 is 15.6. The zero-order valence-corrected chi connectivity index (χ0v) is 18.5. The fourth-order valence-electron chi connectivity index (χ4n) is 3.14. The highest BCUT2D eigenvalue weighted by Gasteiger charge is 2.14. The minimum Gasteiger partial charge on any atom is -0.462 e. The predicted octanol–water partition coefficient (Wildman–Crippen LogP) is 4.86. The van der Waals surface area contributed by atoms with Crippen LogP contribution in [0.1, 0.15) is 17.3 Å². The van der Waals surface area contributed by atoms with Gasteiger partial charge in [-0.3, -0.25) is 4.98 Å². The van der Waals surface area contributed by atoms with E-state index in [1.54, 1.807) is 55.7 Å². The molecule has 5 aromatic rings. The molecule has 11 heteroatoms. The molecule has 0 atom stereocenters. The maximum atomic E-state index is 11.9. The normalized spacial score (nSPS) is 10.7. The lowest BCUT2D eigenvalue weighted by molar-refractivity contribution is 0.0526. The highest BCUT2D eigenvalue weighted by molar-refractivity contribution is 5.90. The average Bonchev–Trinajstić information content (AvgIpc) is 3.34. The van der Waals surface area contributed by atoms with Crippen LogP contribution in [-0.4, -0.2) is 37.8 Å². The van der Waals surface area contributed by atoms with Crippen LogP contribution in [0, 0.1) is 0 Å². The monoisotopic (exact) mass is 469 g/mol. The zero-order valence-electron chi connectivity index (χ0n) is 18.5. The number of ether oxygens (including phenoxy) is 2. The highest BCUT2D eigenvalue weighted by atomic mass is 16.6. The van der Waals surface area contributed by atoms with E-state index in [1.807, 2.05) is 24.3 Å². The molecule has 0 amide bonds. The number of benzene rings is 2. The lowest BCUT2D eigenvalue weighted by Gasteiger charge is -2.12. The second-order valence-electron chi connectivity index (χ2n) is 7.19. The maximum Gasteiger partial charge on any atom is 0.338 e. The Morgan fingerprint density at radius 1 is 0.800 bits per heavy atom. The number of pyridine rings is 1. The van der Waals surface area contributed by atoms with Crippen molar-refractivity contribution in [2.45, 2.75) is 6.92 Å². The maximum absolute atomic E-state index is 11.9. The molecular weight excluding hydrogens is 450 g/mol. The number of esters is 1. The van der Waals surface area contributed by atoms with Crippen LogP contribution in [0.5, 0.6) is 11.5 Å². The summed E-state index contributed by atoms with van der Waals surface area (Å²) in [6, 6.07) is 17.7. The first-order chi connectivity index (χ1) is 17.2. The minimum atomic E-state index is -0.382. The quantitative estimate of drug-likeness (QED) is 0.301. The SMILES string of the molecule is CCOC(=O)c1ccc(Nc2nc3nonc3nc2Nc2ccc(Oc3ccncc3)cc2)cc1. The molecular formula is C24H19N7O4. The van der Waals surface area contributed by atoms with Gasteiger partial charge in [-0.2, -0.15) is 0 Å². The van der Waals surface area contributed by atoms with Gasteiger partial charge in [0.1, 0.15) is 11.5 Å². The molecule has 3 aromatic heterocycles. The number of nitrogens with zero attached hydrogens (tertiary/aromatic N) is 5. The Hall–Kier alpha value is -5.06. The first kappa shape index (κ1) is 21.8. The van der Waals surface area contributed by atoms with E-state index in [1.165, 1.54) is 0 Å². The van der Waals surface area contributed by atoms with Gasteiger partial charge in [0, 0.05) is 23.8 Å². The van der Waals surface area contributed by atoms with Crippen LogP contribution in [0.3, 0.4) is 0 Å². The molecule has 0 spiro atoms. The summed E-state index contributed by atoms with van der Waals surface area (Å²) in [6.45, 7) is 2.07. The molecule has 35 heavy (non-hydrogen) atoms. The lowest BCUT2D eigenvalue weighted by atomic mass is 10.2. The van der Waals surface area contributed by atoms with Crippen LogP contribution < -0.4 is 15.4 Å². The summed E-state index contributed by atoms with van der Waals surface area (Å²) in [7, 11) is 0. The Kier molecular flexibility index (Phi) is 6.11. The summed E-state index contributed by atoms with van der Waals surface area (Å²) in [4.78, 5) is 24.8. The van der Waals surface area contributed by atoms with E-state index in [0.29, 0.717) is 41.0 Å². The van der Waals surface area contributed by atoms with E-state index in [-0.39, 0.29) is 17.3 Å². The molecule has 11 nitrogen and oxygen atoms in total. The molecule has 0 aliphatic rings. The van der Waals surface area contributed by atoms with E-state index in [0.717, 1.165) is 5.69 Å². The number of rotatable bonds is 8. The Labute approximate surface area is 199 Å². The predicted molar refractivity (Wildman–Crippen MR) is 127 cm³/mol. The highest BCUT2D eigenvalue weighted by Crippen LogP contribution is 2.28. The smallest absolute Gasteiger partial charge is 0.338 e. The minimum absolute atomic E-state index is 0.252. The molecule has 0 saturated heterocycles.